The van der Waals surface area contributed by atoms with E-state index in [0.717, 1.165) is 32.1 Å². The molecule has 8 heteroatoms. The molecule has 28 heavy (non-hydrogen) atoms. The third-order valence-electron chi connectivity index (χ3n) is 5.95. The van der Waals surface area contributed by atoms with Crippen molar-refractivity contribution in [2.75, 3.05) is 0 Å². The highest BCUT2D eigenvalue weighted by atomic mass is 125. The van der Waals surface area contributed by atoms with Crippen LogP contribution >= 0.6 is 22.6 Å². The molecule has 1 aromatic carbocycles. The van der Waals surface area contributed by atoms with E-state index in [1.165, 1.54) is 18.2 Å². The Morgan fingerprint density at radius 1 is 1.25 bits per heavy atom. The lowest BCUT2D eigenvalue weighted by Gasteiger charge is -2.31. The minimum absolute atomic E-state index is 0.0705. The van der Waals surface area contributed by atoms with Gasteiger partial charge in [0, 0.05) is 12.5 Å². The molecule has 2 aliphatic rings. The van der Waals surface area contributed by atoms with Gasteiger partial charge in [0.1, 0.15) is 5.75 Å². The average Bonchev–Trinajstić information content (AvgIpc) is 3.22. The first-order chi connectivity index (χ1) is 13.3. The smallest absolute Gasteiger partial charge is 0.303 e. The molecule has 154 valence electrons. The number of carboxylic acids is 1. The van der Waals surface area contributed by atoms with Gasteiger partial charge in [0.05, 0.1) is 8.47 Å². The minimum Gasteiger partial charge on any atom is -0.507 e. The highest BCUT2D eigenvalue weighted by molar-refractivity contribution is 14.1. The Labute approximate surface area is 179 Å². The SMILES string of the molecule is O=C(O)CCC/C=C\C[C@@H]1[C@@H]2CC[C@@H](C2)[C@H]1NS(=O)(=O)c1ccc(O)c([125I])c1. The molecule has 0 saturated heterocycles. The third kappa shape index (κ3) is 5.07. The van der Waals surface area contributed by atoms with Crippen molar-refractivity contribution in [1.29, 1.82) is 0 Å². The molecule has 0 aromatic heterocycles. The molecular weight excluding hydrogens is 491 g/mol. The van der Waals surface area contributed by atoms with E-state index in [2.05, 4.69) is 10.8 Å². The van der Waals surface area contributed by atoms with Crippen molar-refractivity contribution < 1.29 is 23.4 Å². The summed E-state index contributed by atoms with van der Waals surface area (Å²) in [6.07, 6.45) is 9.72. The number of aliphatic carboxylic acids is 1. The fourth-order valence-corrected chi connectivity index (χ4v) is 6.69. The molecule has 2 bridgehead atoms. The van der Waals surface area contributed by atoms with Gasteiger partial charge in [-0.2, -0.15) is 0 Å². The molecule has 2 saturated carbocycles. The summed E-state index contributed by atoms with van der Waals surface area (Å²) in [5.41, 5.74) is 0. The second-order valence-electron chi connectivity index (χ2n) is 7.75. The first kappa shape index (κ1) is 21.6. The molecule has 0 heterocycles. The number of hydrogen-bond donors (Lipinski definition) is 3. The van der Waals surface area contributed by atoms with Gasteiger partial charge in [-0.05, 0) is 97.1 Å². The highest BCUT2D eigenvalue weighted by Crippen LogP contribution is 2.50. The molecule has 4 atom stereocenters. The number of phenols is 1. The normalized spacial score (nSPS) is 26.9. The summed E-state index contributed by atoms with van der Waals surface area (Å²) < 4.78 is 29.2. The Morgan fingerprint density at radius 2 is 2.00 bits per heavy atom. The average molecular weight is 517 g/mol. The Balaban J connectivity index is 1.64. The van der Waals surface area contributed by atoms with E-state index in [-0.39, 0.29) is 29.0 Å². The van der Waals surface area contributed by atoms with Crippen LogP contribution in [0, 0.1) is 21.3 Å². The quantitative estimate of drug-likeness (QED) is 0.262. The summed E-state index contributed by atoms with van der Waals surface area (Å²) in [6.45, 7) is 0. The topological polar surface area (TPSA) is 104 Å². The highest BCUT2D eigenvalue weighted by Gasteiger charge is 2.48. The second-order valence-corrected chi connectivity index (χ2v) is 10.6. The summed E-state index contributed by atoms with van der Waals surface area (Å²) in [5, 5.41) is 18.3. The zero-order valence-electron chi connectivity index (χ0n) is 15.6. The van der Waals surface area contributed by atoms with Crippen molar-refractivity contribution >= 4 is 38.6 Å². The van der Waals surface area contributed by atoms with E-state index in [4.69, 9.17) is 5.11 Å². The van der Waals surface area contributed by atoms with Crippen molar-refractivity contribution in [1.82, 2.24) is 4.72 Å². The van der Waals surface area contributed by atoms with E-state index in [1.807, 2.05) is 28.7 Å². The molecule has 0 radical (unpaired) electrons. The van der Waals surface area contributed by atoms with Gasteiger partial charge in [0.25, 0.3) is 0 Å². The van der Waals surface area contributed by atoms with E-state index in [9.17, 15) is 18.3 Å². The summed E-state index contributed by atoms with van der Waals surface area (Å²) >= 11 is 1.92. The van der Waals surface area contributed by atoms with Crippen LogP contribution < -0.4 is 4.72 Å². The van der Waals surface area contributed by atoms with Crippen molar-refractivity contribution in [3.05, 3.63) is 33.9 Å². The maximum Gasteiger partial charge on any atom is 0.303 e. The van der Waals surface area contributed by atoms with Crippen LogP contribution in [-0.4, -0.2) is 30.6 Å². The van der Waals surface area contributed by atoms with Crippen LogP contribution in [0.4, 0.5) is 0 Å². The summed E-state index contributed by atoms with van der Waals surface area (Å²) in [7, 11) is -3.64. The first-order valence-corrected chi connectivity index (χ1v) is 12.2. The number of phenolic OH excluding ortho intramolecular Hbond substituents is 1. The van der Waals surface area contributed by atoms with E-state index < -0.39 is 16.0 Å². The number of hydrogen-bond acceptors (Lipinski definition) is 4. The monoisotopic (exact) mass is 517 g/mol. The van der Waals surface area contributed by atoms with Gasteiger partial charge in [0.2, 0.25) is 10.0 Å². The molecule has 0 spiro atoms. The fourth-order valence-electron chi connectivity index (χ4n) is 4.58. The number of benzene rings is 1. The summed E-state index contributed by atoms with van der Waals surface area (Å²) in [6, 6.07) is 4.26. The maximum atomic E-state index is 12.9. The fraction of sp³-hybridized carbons (Fsp3) is 0.550. The number of halogens is 1. The van der Waals surface area contributed by atoms with E-state index in [1.54, 1.807) is 0 Å². The predicted molar refractivity (Wildman–Crippen MR) is 114 cm³/mol. The van der Waals surface area contributed by atoms with Gasteiger partial charge >= 0.3 is 5.97 Å². The van der Waals surface area contributed by atoms with Crippen LogP contribution in [0.15, 0.2) is 35.2 Å². The maximum absolute atomic E-state index is 12.9. The number of sulfonamides is 1. The summed E-state index contributed by atoms with van der Waals surface area (Å²) in [5.74, 6) is 0.494. The number of rotatable bonds is 9. The van der Waals surface area contributed by atoms with Crippen molar-refractivity contribution in [3.63, 3.8) is 0 Å². The lowest BCUT2D eigenvalue weighted by Crippen LogP contribution is -2.43. The zero-order chi connectivity index (χ0) is 20.3. The van der Waals surface area contributed by atoms with Crippen LogP contribution in [0.3, 0.4) is 0 Å². The number of carboxylic acid groups (broad SMARTS) is 1. The number of carbonyl (C=O) groups is 1. The zero-order valence-corrected chi connectivity index (χ0v) is 18.5. The van der Waals surface area contributed by atoms with Gasteiger partial charge in [0.15, 0.2) is 0 Å². The standard InChI is InChI=1S/C20H26INO5S/c21-17-12-15(9-10-18(17)23)28(26,27)22-20-14-8-7-13(11-14)16(20)5-3-1-2-4-6-19(24)25/h1,3,9-10,12-14,16,20,22-23H,2,4-8,11H2,(H,24,25)/b3-1-/t13-,14+,16-,20-/m1/s1/i21-2. The van der Waals surface area contributed by atoms with Gasteiger partial charge in [-0.3, -0.25) is 4.79 Å². The van der Waals surface area contributed by atoms with Crippen LogP contribution in [0.25, 0.3) is 0 Å². The van der Waals surface area contributed by atoms with Crippen molar-refractivity contribution in [2.24, 2.45) is 17.8 Å². The Bertz CT molecular complexity index is 854. The molecule has 0 unspecified atom stereocenters. The number of allylic oxidation sites excluding steroid dienone is 2. The number of aromatic hydroxyl groups is 1. The third-order valence-corrected chi connectivity index (χ3v) is 8.27. The molecule has 6 nitrogen and oxygen atoms in total. The Kier molecular flexibility index (Phi) is 7.03. The molecule has 3 rings (SSSR count). The molecule has 0 aliphatic heterocycles. The Morgan fingerprint density at radius 3 is 2.71 bits per heavy atom. The predicted octanol–water partition coefficient (Wildman–Crippen LogP) is 3.89. The Hall–Kier alpha value is -1.13. The van der Waals surface area contributed by atoms with Crippen LogP contribution in [0.5, 0.6) is 5.75 Å². The first-order valence-electron chi connectivity index (χ1n) is 9.65. The number of unbranched alkanes of at least 4 members (excludes halogenated alkanes) is 1. The van der Waals surface area contributed by atoms with E-state index in [0.29, 0.717) is 21.8 Å². The van der Waals surface area contributed by atoms with Gasteiger partial charge in [-0.15, -0.1) is 0 Å². The lowest BCUT2D eigenvalue weighted by molar-refractivity contribution is -0.137. The molecular formula is C20H26INO5S. The largest absolute Gasteiger partial charge is 0.507 e. The molecule has 1 aromatic rings. The van der Waals surface area contributed by atoms with E-state index >= 15 is 0 Å². The molecule has 2 aliphatic carbocycles. The van der Waals surface area contributed by atoms with Crippen LogP contribution in [-0.2, 0) is 14.8 Å². The van der Waals surface area contributed by atoms with Gasteiger partial charge in [-0.1, -0.05) is 12.2 Å². The summed E-state index contributed by atoms with van der Waals surface area (Å²) in [4.78, 5) is 10.7. The van der Waals surface area contributed by atoms with Crippen LogP contribution in [0.1, 0.15) is 44.9 Å². The lowest BCUT2D eigenvalue weighted by atomic mass is 9.83. The molecule has 3 N–H and O–H groups in total. The van der Waals surface area contributed by atoms with Crippen molar-refractivity contribution in [3.8, 4) is 5.75 Å². The van der Waals surface area contributed by atoms with Gasteiger partial charge in [-0.25, -0.2) is 13.1 Å². The molecule has 0 amide bonds. The second kappa shape index (κ2) is 9.13. The number of nitrogens with one attached hydrogen (secondary N) is 1. The molecule has 2 fully saturated rings. The van der Waals surface area contributed by atoms with Crippen LogP contribution in [0.2, 0.25) is 0 Å². The van der Waals surface area contributed by atoms with Crippen molar-refractivity contribution in [2.45, 2.75) is 55.9 Å². The van der Waals surface area contributed by atoms with Gasteiger partial charge < -0.3 is 10.2 Å². The number of fused-ring (bicyclic) bond motifs is 2. The minimum atomic E-state index is -3.64.